The number of guanidine groups is 1. The van der Waals surface area contributed by atoms with Crippen molar-refractivity contribution in [2.45, 2.75) is 32.5 Å². The van der Waals surface area contributed by atoms with E-state index in [0.717, 1.165) is 6.92 Å². The van der Waals surface area contributed by atoms with Gasteiger partial charge in [-0.2, -0.15) is 18.3 Å². The molecule has 2 heterocycles. The molecule has 1 aliphatic rings. The number of carbonyl (C=O) groups excluding carboxylic acids is 1. The number of allylic oxidation sites excluding steroid dienone is 1. The van der Waals surface area contributed by atoms with Crippen LogP contribution in [0.2, 0.25) is 5.02 Å². The molecule has 1 amide bonds. The van der Waals surface area contributed by atoms with Crippen LogP contribution < -0.4 is 10.3 Å². The Balaban J connectivity index is 1.73. The maximum atomic E-state index is 12.6. The van der Waals surface area contributed by atoms with Crippen molar-refractivity contribution in [2.24, 2.45) is 9.98 Å². The normalized spacial score (nSPS) is 16.4. The van der Waals surface area contributed by atoms with Gasteiger partial charge in [0.25, 0.3) is 5.56 Å². The highest BCUT2D eigenvalue weighted by atomic mass is 35.5. The lowest BCUT2D eigenvalue weighted by Gasteiger charge is -2.35. The average molecular weight is 507 g/mol. The lowest BCUT2D eigenvalue weighted by Crippen LogP contribution is -2.50. The van der Waals surface area contributed by atoms with Crippen molar-refractivity contribution < 1.29 is 27.4 Å². The number of aromatic nitrogens is 2. The molecular formula is C20H26ClF3N6O4. The van der Waals surface area contributed by atoms with E-state index in [1.54, 1.807) is 16.7 Å². The third-order valence-electron chi connectivity index (χ3n) is 4.78. The van der Waals surface area contributed by atoms with Crippen LogP contribution in [0.25, 0.3) is 0 Å². The van der Waals surface area contributed by atoms with E-state index in [1.165, 1.54) is 6.20 Å². The third-order valence-corrected chi connectivity index (χ3v) is 5.14. The van der Waals surface area contributed by atoms with E-state index in [0.29, 0.717) is 32.4 Å². The summed E-state index contributed by atoms with van der Waals surface area (Å²) in [4.78, 5) is 34.6. The molecule has 1 aliphatic heterocycles. The van der Waals surface area contributed by atoms with E-state index in [-0.39, 0.29) is 42.3 Å². The number of carbonyl (C=O) groups is 1. The predicted octanol–water partition coefficient (Wildman–Crippen LogP) is 2.26. The molecular weight excluding hydrogens is 481 g/mol. The largest absolute Gasteiger partial charge is 0.485 e. The van der Waals surface area contributed by atoms with Gasteiger partial charge in [-0.15, -0.1) is 0 Å². The molecule has 188 valence electrons. The topological polar surface area (TPSA) is 112 Å². The SMILES string of the molecule is C=NC(=N/C=C(\C)C(F)(F)F)N1CCN(C(=O)CCOC[C@H](C)Oc2cn[nH]c(=O)c2Cl)CC1. The highest BCUT2D eigenvalue weighted by Crippen LogP contribution is 2.24. The minimum Gasteiger partial charge on any atom is -0.485 e. The van der Waals surface area contributed by atoms with Crippen LogP contribution in [0.15, 0.2) is 32.7 Å². The van der Waals surface area contributed by atoms with E-state index in [1.807, 2.05) is 0 Å². The number of amides is 1. The summed E-state index contributed by atoms with van der Waals surface area (Å²) in [5.41, 5.74) is -1.41. The molecule has 1 atom stereocenters. The minimum absolute atomic E-state index is 0.0729. The van der Waals surface area contributed by atoms with Gasteiger partial charge in [-0.05, 0) is 20.6 Å². The van der Waals surface area contributed by atoms with Gasteiger partial charge in [0, 0.05) is 38.0 Å². The van der Waals surface area contributed by atoms with Crippen LogP contribution in [0.1, 0.15) is 20.3 Å². The molecule has 0 aliphatic carbocycles. The number of hydrogen-bond acceptors (Lipinski definition) is 6. The number of aliphatic imine (C=N–C) groups is 2. The fourth-order valence-corrected chi connectivity index (χ4v) is 3.01. The van der Waals surface area contributed by atoms with Crippen molar-refractivity contribution in [3.05, 3.63) is 33.3 Å². The van der Waals surface area contributed by atoms with Gasteiger partial charge in [-0.1, -0.05) is 11.6 Å². The summed E-state index contributed by atoms with van der Waals surface area (Å²) in [5.74, 6) is 0.0908. The lowest BCUT2D eigenvalue weighted by molar-refractivity contribution is -0.133. The van der Waals surface area contributed by atoms with Crippen molar-refractivity contribution in [2.75, 3.05) is 39.4 Å². The van der Waals surface area contributed by atoms with E-state index >= 15 is 0 Å². The summed E-state index contributed by atoms with van der Waals surface area (Å²) in [6.07, 6.45) is -2.75. The van der Waals surface area contributed by atoms with Crippen molar-refractivity contribution in [3.63, 3.8) is 0 Å². The molecule has 1 N–H and O–H groups in total. The van der Waals surface area contributed by atoms with Crippen LogP contribution in [-0.2, 0) is 9.53 Å². The first-order valence-electron chi connectivity index (χ1n) is 10.3. The molecule has 0 bridgehead atoms. The van der Waals surface area contributed by atoms with Crippen LogP contribution in [0.5, 0.6) is 5.75 Å². The van der Waals surface area contributed by atoms with Crippen LogP contribution in [-0.4, -0.2) is 90.3 Å². The van der Waals surface area contributed by atoms with E-state index in [2.05, 4.69) is 26.9 Å². The van der Waals surface area contributed by atoms with Gasteiger partial charge in [0.1, 0.15) is 6.10 Å². The number of piperazine rings is 1. The van der Waals surface area contributed by atoms with E-state index in [9.17, 15) is 22.8 Å². The molecule has 34 heavy (non-hydrogen) atoms. The number of nitrogens with zero attached hydrogens (tertiary/aromatic N) is 5. The molecule has 0 unspecified atom stereocenters. The second-order valence-electron chi connectivity index (χ2n) is 7.40. The zero-order valence-corrected chi connectivity index (χ0v) is 19.5. The Hall–Kier alpha value is -2.93. The second kappa shape index (κ2) is 12.5. The van der Waals surface area contributed by atoms with Gasteiger partial charge in [-0.25, -0.2) is 15.1 Å². The molecule has 1 fully saturated rings. The number of ether oxygens (including phenoxy) is 2. The van der Waals surface area contributed by atoms with E-state index in [4.69, 9.17) is 21.1 Å². The Morgan fingerprint density at radius 1 is 1.35 bits per heavy atom. The van der Waals surface area contributed by atoms with Gasteiger partial charge in [0.15, 0.2) is 10.8 Å². The number of alkyl halides is 3. The fourth-order valence-electron chi connectivity index (χ4n) is 2.87. The Bertz CT molecular complexity index is 974. The monoisotopic (exact) mass is 506 g/mol. The van der Waals surface area contributed by atoms with Crippen LogP contribution in [0.4, 0.5) is 13.2 Å². The van der Waals surface area contributed by atoms with Crippen molar-refractivity contribution in [1.82, 2.24) is 20.0 Å². The quantitative estimate of drug-likeness (QED) is 0.329. The molecule has 0 aromatic carbocycles. The number of H-pyrrole nitrogens is 1. The van der Waals surface area contributed by atoms with Crippen molar-refractivity contribution in [3.8, 4) is 5.75 Å². The van der Waals surface area contributed by atoms with Crippen molar-refractivity contribution >= 4 is 30.2 Å². The average Bonchev–Trinajstić information content (AvgIpc) is 2.79. The van der Waals surface area contributed by atoms with E-state index < -0.39 is 23.4 Å². The zero-order valence-electron chi connectivity index (χ0n) is 18.8. The first-order chi connectivity index (χ1) is 16.0. The summed E-state index contributed by atoms with van der Waals surface area (Å²) in [5, 5.41) is 5.69. The summed E-state index contributed by atoms with van der Waals surface area (Å²) < 4.78 is 48.8. The number of hydrogen-bond donors (Lipinski definition) is 1. The standard InChI is InChI=1S/C20H26ClF3N6O4/c1-13(20(22,23)24)10-26-19(25-3)30-7-5-29(6-8-30)16(31)4-9-33-12-14(2)34-15-11-27-28-18(32)17(15)21/h10-11,14H,3-9,12H2,1-2H3,(H,28,32)/b13-10+,26-19?/t14-/m0/s1. The molecule has 1 aromatic rings. The molecule has 10 nitrogen and oxygen atoms in total. The molecule has 1 saturated heterocycles. The summed E-state index contributed by atoms with van der Waals surface area (Å²) in [6.45, 7) is 7.78. The fraction of sp³-hybridized carbons (Fsp3) is 0.550. The summed E-state index contributed by atoms with van der Waals surface area (Å²) >= 11 is 5.85. The Morgan fingerprint density at radius 3 is 2.62 bits per heavy atom. The number of rotatable bonds is 8. The number of nitrogens with one attached hydrogen (secondary N) is 1. The van der Waals surface area contributed by atoms with Gasteiger partial charge < -0.3 is 19.3 Å². The Morgan fingerprint density at radius 2 is 2.00 bits per heavy atom. The molecule has 1 aromatic heterocycles. The highest BCUT2D eigenvalue weighted by molar-refractivity contribution is 6.31. The van der Waals surface area contributed by atoms with Gasteiger partial charge in [-0.3, -0.25) is 9.59 Å². The predicted molar refractivity (Wildman–Crippen MR) is 120 cm³/mol. The van der Waals surface area contributed by atoms with Crippen LogP contribution >= 0.6 is 11.6 Å². The second-order valence-corrected chi connectivity index (χ2v) is 7.77. The Labute approximate surface area is 199 Å². The highest BCUT2D eigenvalue weighted by Gasteiger charge is 2.30. The number of aromatic amines is 1. The van der Waals surface area contributed by atoms with Gasteiger partial charge in [0.2, 0.25) is 11.9 Å². The molecule has 2 rings (SSSR count). The first-order valence-corrected chi connectivity index (χ1v) is 10.7. The first kappa shape index (κ1) is 27.3. The Kier molecular flexibility index (Phi) is 10.1. The molecule has 14 heteroatoms. The zero-order chi connectivity index (χ0) is 25.3. The number of halogens is 4. The smallest absolute Gasteiger partial charge is 0.413 e. The van der Waals surface area contributed by atoms with Crippen LogP contribution in [0.3, 0.4) is 0 Å². The molecule has 0 saturated carbocycles. The molecule has 0 radical (unpaired) electrons. The third kappa shape index (κ3) is 8.13. The van der Waals surface area contributed by atoms with Gasteiger partial charge in [0.05, 0.1) is 25.8 Å². The summed E-state index contributed by atoms with van der Waals surface area (Å²) in [7, 11) is 0. The van der Waals surface area contributed by atoms with Gasteiger partial charge >= 0.3 is 6.18 Å². The maximum absolute atomic E-state index is 12.6. The van der Waals surface area contributed by atoms with Crippen LogP contribution in [0, 0.1) is 0 Å². The molecule has 0 spiro atoms. The minimum atomic E-state index is -4.46. The lowest BCUT2D eigenvalue weighted by atomic mass is 10.3. The maximum Gasteiger partial charge on any atom is 0.413 e. The summed E-state index contributed by atoms with van der Waals surface area (Å²) in [6, 6.07) is 0. The van der Waals surface area contributed by atoms with Crippen molar-refractivity contribution in [1.29, 1.82) is 0 Å².